The van der Waals surface area contributed by atoms with Crippen LogP contribution in [0, 0.1) is 0 Å². The third-order valence-corrected chi connectivity index (χ3v) is 3.86. The summed E-state index contributed by atoms with van der Waals surface area (Å²) in [4.78, 5) is 0. The molecule has 2 aromatic rings. The van der Waals surface area contributed by atoms with Gasteiger partial charge in [-0.05, 0) is 31.9 Å². The van der Waals surface area contributed by atoms with Crippen molar-refractivity contribution in [3.05, 3.63) is 30.0 Å². The normalized spacial score (nSPS) is 12.9. The minimum atomic E-state index is 0.471. The number of rotatable bonds is 9. The van der Waals surface area contributed by atoms with Gasteiger partial charge in [-0.3, -0.25) is 4.68 Å². The van der Waals surface area contributed by atoms with Crippen molar-refractivity contribution in [1.82, 2.24) is 15.1 Å². The lowest BCUT2D eigenvalue weighted by Gasteiger charge is -2.17. The van der Waals surface area contributed by atoms with Gasteiger partial charge in [-0.25, -0.2) is 0 Å². The molecule has 0 bridgehead atoms. The van der Waals surface area contributed by atoms with Crippen LogP contribution in [0.3, 0.4) is 0 Å². The second kappa shape index (κ2) is 8.15. The molecule has 4 nitrogen and oxygen atoms in total. The Labute approximate surface area is 127 Å². The molecule has 0 spiro atoms. The van der Waals surface area contributed by atoms with E-state index in [2.05, 4.69) is 36.5 Å². The molecule has 1 heterocycles. The average molecular weight is 289 g/mol. The zero-order chi connectivity index (χ0) is 15.1. The SMILES string of the molecule is CCCNC(CCCOC)Cc1nn(C)c2ccccc12. The summed E-state index contributed by atoms with van der Waals surface area (Å²) < 4.78 is 7.16. The quantitative estimate of drug-likeness (QED) is 0.721. The third-order valence-electron chi connectivity index (χ3n) is 3.86. The van der Waals surface area contributed by atoms with Gasteiger partial charge >= 0.3 is 0 Å². The topological polar surface area (TPSA) is 39.1 Å². The predicted octanol–water partition coefficient (Wildman–Crippen LogP) is 2.91. The molecule has 1 N–H and O–H groups in total. The number of methoxy groups -OCH3 is 1. The highest BCUT2D eigenvalue weighted by Crippen LogP contribution is 2.19. The van der Waals surface area contributed by atoms with Crippen molar-refractivity contribution in [1.29, 1.82) is 0 Å². The van der Waals surface area contributed by atoms with Crippen molar-refractivity contribution >= 4 is 10.9 Å². The van der Waals surface area contributed by atoms with E-state index in [0.717, 1.165) is 38.8 Å². The van der Waals surface area contributed by atoms with Crippen molar-refractivity contribution in [3.63, 3.8) is 0 Å². The van der Waals surface area contributed by atoms with Gasteiger partial charge in [0.15, 0.2) is 0 Å². The van der Waals surface area contributed by atoms with E-state index >= 15 is 0 Å². The van der Waals surface area contributed by atoms with Gasteiger partial charge in [0.05, 0.1) is 11.2 Å². The molecule has 0 saturated heterocycles. The molecule has 4 heteroatoms. The molecule has 1 aromatic heterocycles. The van der Waals surface area contributed by atoms with E-state index < -0.39 is 0 Å². The van der Waals surface area contributed by atoms with Gasteiger partial charge in [0.1, 0.15) is 0 Å². The zero-order valence-electron chi connectivity index (χ0n) is 13.4. The van der Waals surface area contributed by atoms with Gasteiger partial charge in [0.25, 0.3) is 0 Å². The van der Waals surface area contributed by atoms with Crippen LogP contribution in [-0.2, 0) is 18.2 Å². The van der Waals surface area contributed by atoms with Crippen molar-refractivity contribution in [2.75, 3.05) is 20.3 Å². The fourth-order valence-electron chi connectivity index (χ4n) is 2.77. The Hall–Kier alpha value is -1.39. The highest BCUT2D eigenvalue weighted by Gasteiger charge is 2.14. The maximum Gasteiger partial charge on any atom is 0.0718 e. The molecule has 0 fully saturated rings. The Kier molecular flexibility index (Phi) is 6.21. The molecule has 0 amide bonds. The average Bonchev–Trinajstić information content (AvgIpc) is 2.82. The summed E-state index contributed by atoms with van der Waals surface area (Å²) in [5, 5.41) is 9.63. The van der Waals surface area contributed by atoms with Gasteiger partial charge in [0.2, 0.25) is 0 Å². The molecular formula is C17H27N3O. The highest BCUT2D eigenvalue weighted by atomic mass is 16.5. The van der Waals surface area contributed by atoms with E-state index in [-0.39, 0.29) is 0 Å². The van der Waals surface area contributed by atoms with Crippen LogP contribution in [0.2, 0.25) is 0 Å². The van der Waals surface area contributed by atoms with E-state index in [0.29, 0.717) is 6.04 Å². The van der Waals surface area contributed by atoms with Gasteiger partial charge in [-0.15, -0.1) is 0 Å². The van der Waals surface area contributed by atoms with Crippen LogP contribution < -0.4 is 5.32 Å². The molecule has 0 aliphatic heterocycles. The lowest BCUT2D eigenvalue weighted by Crippen LogP contribution is -2.32. The number of benzene rings is 1. The van der Waals surface area contributed by atoms with Gasteiger partial charge in [0, 0.05) is 38.6 Å². The first-order valence-electron chi connectivity index (χ1n) is 7.89. The molecule has 0 aliphatic carbocycles. The first-order chi connectivity index (χ1) is 10.3. The molecule has 0 aliphatic rings. The first-order valence-corrected chi connectivity index (χ1v) is 7.89. The summed E-state index contributed by atoms with van der Waals surface area (Å²) in [6, 6.07) is 8.93. The van der Waals surface area contributed by atoms with Crippen molar-refractivity contribution in [2.45, 2.75) is 38.6 Å². The van der Waals surface area contributed by atoms with Crippen molar-refractivity contribution in [3.8, 4) is 0 Å². The van der Waals surface area contributed by atoms with Crippen LogP contribution in [0.15, 0.2) is 24.3 Å². The lowest BCUT2D eigenvalue weighted by molar-refractivity contribution is 0.188. The van der Waals surface area contributed by atoms with E-state index in [1.54, 1.807) is 7.11 Å². The van der Waals surface area contributed by atoms with Crippen LogP contribution in [0.4, 0.5) is 0 Å². The van der Waals surface area contributed by atoms with Crippen LogP contribution in [0.5, 0.6) is 0 Å². The molecule has 0 radical (unpaired) electrons. The maximum absolute atomic E-state index is 5.17. The monoisotopic (exact) mass is 289 g/mol. The second-order valence-electron chi connectivity index (χ2n) is 5.58. The van der Waals surface area contributed by atoms with Gasteiger partial charge in [-0.1, -0.05) is 25.1 Å². The van der Waals surface area contributed by atoms with Gasteiger partial charge in [-0.2, -0.15) is 5.10 Å². The summed E-state index contributed by atoms with van der Waals surface area (Å²) in [5.41, 5.74) is 2.40. The number of aryl methyl sites for hydroxylation is 1. The maximum atomic E-state index is 5.17. The molecule has 1 atom stereocenters. The van der Waals surface area contributed by atoms with Gasteiger partial charge < -0.3 is 10.1 Å². The standard InChI is InChI=1S/C17H27N3O/c1-4-11-18-14(8-7-12-21-3)13-16-15-9-5-6-10-17(15)20(2)19-16/h5-6,9-10,14,18H,4,7-8,11-13H2,1-3H3. The summed E-state index contributed by atoms with van der Waals surface area (Å²) in [6.07, 6.45) is 4.34. The number of nitrogens with zero attached hydrogens (tertiary/aromatic N) is 2. The summed E-state index contributed by atoms with van der Waals surface area (Å²) in [7, 11) is 3.78. The van der Waals surface area contributed by atoms with E-state index in [1.807, 2.05) is 11.7 Å². The summed E-state index contributed by atoms with van der Waals surface area (Å²) in [5.74, 6) is 0. The van der Waals surface area contributed by atoms with Crippen molar-refractivity contribution in [2.24, 2.45) is 7.05 Å². The predicted molar refractivity (Wildman–Crippen MR) is 87.6 cm³/mol. The highest BCUT2D eigenvalue weighted by molar-refractivity contribution is 5.81. The second-order valence-corrected chi connectivity index (χ2v) is 5.58. The van der Waals surface area contributed by atoms with Crippen LogP contribution >= 0.6 is 0 Å². The minimum absolute atomic E-state index is 0.471. The molecule has 1 unspecified atom stereocenters. The number of fused-ring (bicyclic) bond motifs is 1. The number of nitrogens with one attached hydrogen (secondary N) is 1. The molecule has 0 saturated carbocycles. The number of hydrogen-bond donors (Lipinski definition) is 1. The molecular weight excluding hydrogens is 262 g/mol. The Morgan fingerprint density at radius 1 is 1.33 bits per heavy atom. The minimum Gasteiger partial charge on any atom is -0.385 e. The van der Waals surface area contributed by atoms with Crippen LogP contribution in [-0.4, -0.2) is 36.1 Å². The van der Waals surface area contributed by atoms with Crippen LogP contribution in [0.1, 0.15) is 31.9 Å². The van der Waals surface area contributed by atoms with E-state index in [4.69, 9.17) is 9.84 Å². The Balaban J connectivity index is 2.09. The molecule has 2 rings (SSSR count). The molecule has 116 valence electrons. The third kappa shape index (κ3) is 4.29. The fraction of sp³-hybridized carbons (Fsp3) is 0.588. The lowest BCUT2D eigenvalue weighted by atomic mass is 10.0. The number of ether oxygens (including phenoxy) is 1. The smallest absolute Gasteiger partial charge is 0.0718 e. The van der Waals surface area contributed by atoms with Crippen molar-refractivity contribution < 1.29 is 4.74 Å². The molecule has 1 aromatic carbocycles. The van der Waals surface area contributed by atoms with E-state index in [9.17, 15) is 0 Å². The number of para-hydroxylation sites is 1. The summed E-state index contributed by atoms with van der Waals surface area (Å²) in [6.45, 7) is 4.09. The largest absolute Gasteiger partial charge is 0.385 e. The fourth-order valence-corrected chi connectivity index (χ4v) is 2.77. The Morgan fingerprint density at radius 3 is 2.90 bits per heavy atom. The number of aromatic nitrogens is 2. The van der Waals surface area contributed by atoms with E-state index in [1.165, 1.54) is 16.6 Å². The zero-order valence-corrected chi connectivity index (χ0v) is 13.4. The Morgan fingerprint density at radius 2 is 2.14 bits per heavy atom. The molecule has 21 heavy (non-hydrogen) atoms. The number of hydrogen-bond acceptors (Lipinski definition) is 3. The summed E-state index contributed by atoms with van der Waals surface area (Å²) >= 11 is 0. The first kappa shape index (κ1) is 16.0. The van der Waals surface area contributed by atoms with Crippen LogP contribution in [0.25, 0.3) is 10.9 Å². The Bertz CT molecular complexity index is 550.